The minimum Gasteiger partial charge on any atom is -0.467 e. The Hall–Kier alpha value is -1.36. The van der Waals surface area contributed by atoms with Gasteiger partial charge in [0, 0.05) is 0 Å². The summed E-state index contributed by atoms with van der Waals surface area (Å²) in [5, 5.41) is 4.57. The van der Waals surface area contributed by atoms with Crippen LogP contribution in [0.3, 0.4) is 0 Å². The lowest BCUT2D eigenvalue weighted by Gasteiger charge is -2.27. The van der Waals surface area contributed by atoms with Gasteiger partial charge in [0.05, 0.1) is 12.0 Å². The first-order valence-electron chi connectivity index (χ1n) is 5.48. The molecule has 0 saturated carbocycles. The van der Waals surface area contributed by atoms with Gasteiger partial charge in [0.2, 0.25) is 0 Å². The molecule has 1 N–H and O–H groups in total. The fourth-order valence-electron chi connectivity index (χ4n) is 1.66. The number of amides is 1. The van der Waals surface area contributed by atoms with Crippen molar-refractivity contribution in [3.8, 4) is 0 Å². The van der Waals surface area contributed by atoms with E-state index in [9.17, 15) is 9.59 Å². The second-order valence-corrected chi connectivity index (χ2v) is 4.95. The molecule has 0 radical (unpaired) electrons. The van der Waals surface area contributed by atoms with Gasteiger partial charge in [0.25, 0.3) is 5.91 Å². The summed E-state index contributed by atoms with van der Waals surface area (Å²) in [7, 11) is 1.33. The van der Waals surface area contributed by atoms with Gasteiger partial charge >= 0.3 is 5.97 Å². The maximum Gasteiger partial charge on any atom is 0.331 e. The zero-order valence-electron chi connectivity index (χ0n) is 10.3. The summed E-state index contributed by atoms with van der Waals surface area (Å²) in [5.41, 5.74) is -0.954. The SMILES string of the molecule is CCCC(C)(NC(=O)c1cccs1)C(=O)OC. The molecular formula is C12H17NO3S. The number of carbonyl (C=O) groups excluding carboxylic acids is 2. The zero-order chi connectivity index (χ0) is 12.9. The van der Waals surface area contributed by atoms with E-state index in [1.165, 1.54) is 18.4 Å². The van der Waals surface area contributed by atoms with Crippen LogP contribution in [0.1, 0.15) is 36.4 Å². The van der Waals surface area contributed by atoms with Crippen molar-refractivity contribution in [2.45, 2.75) is 32.2 Å². The monoisotopic (exact) mass is 255 g/mol. The fraction of sp³-hybridized carbons (Fsp3) is 0.500. The van der Waals surface area contributed by atoms with Gasteiger partial charge in [0.1, 0.15) is 5.54 Å². The Bertz CT molecular complexity index is 388. The fourth-order valence-corrected chi connectivity index (χ4v) is 2.28. The summed E-state index contributed by atoms with van der Waals surface area (Å²) in [6.07, 6.45) is 1.34. The number of hydrogen-bond acceptors (Lipinski definition) is 4. The van der Waals surface area contributed by atoms with Crippen molar-refractivity contribution in [1.82, 2.24) is 5.32 Å². The number of esters is 1. The highest BCUT2D eigenvalue weighted by atomic mass is 32.1. The molecule has 0 aliphatic heterocycles. The molecule has 17 heavy (non-hydrogen) atoms. The van der Waals surface area contributed by atoms with E-state index in [0.29, 0.717) is 11.3 Å². The molecule has 0 fully saturated rings. The van der Waals surface area contributed by atoms with Gasteiger partial charge in [-0.2, -0.15) is 0 Å². The van der Waals surface area contributed by atoms with Crippen LogP contribution in [0.15, 0.2) is 17.5 Å². The molecule has 0 spiro atoms. The quantitative estimate of drug-likeness (QED) is 0.821. The molecule has 1 aromatic rings. The minimum atomic E-state index is -0.954. The molecule has 1 rings (SSSR count). The first kappa shape index (κ1) is 13.7. The smallest absolute Gasteiger partial charge is 0.331 e. The van der Waals surface area contributed by atoms with Gasteiger partial charge < -0.3 is 10.1 Å². The van der Waals surface area contributed by atoms with Crippen molar-refractivity contribution in [3.63, 3.8) is 0 Å². The second-order valence-electron chi connectivity index (χ2n) is 4.01. The minimum absolute atomic E-state index is 0.235. The van der Waals surface area contributed by atoms with Crippen molar-refractivity contribution in [3.05, 3.63) is 22.4 Å². The third-order valence-electron chi connectivity index (χ3n) is 2.52. The Labute approximate surface area is 105 Å². The van der Waals surface area contributed by atoms with Crippen LogP contribution in [0.4, 0.5) is 0 Å². The first-order valence-corrected chi connectivity index (χ1v) is 6.36. The standard InChI is InChI=1S/C12H17NO3S/c1-4-7-12(2,11(15)16-3)13-10(14)9-6-5-8-17-9/h5-6,8H,4,7H2,1-3H3,(H,13,14). The van der Waals surface area contributed by atoms with Gasteiger partial charge in [-0.15, -0.1) is 11.3 Å². The van der Waals surface area contributed by atoms with Crippen molar-refractivity contribution in [1.29, 1.82) is 0 Å². The summed E-state index contributed by atoms with van der Waals surface area (Å²) in [6.45, 7) is 3.65. The average Bonchev–Trinajstić information content (AvgIpc) is 2.81. The number of carbonyl (C=O) groups is 2. The topological polar surface area (TPSA) is 55.4 Å². The molecular weight excluding hydrogens is 238 g/mol. The van der Waals surface area contributed by atoms with Crippen molar-refractivity contribution < 1.29 is 14.3 Å². The Morgan fingerprint density at radius 3 is 2.71 bits per heavy atom. The predicted octanol–water partition coefficient (Wildman–Crippen LogP) is 2.21. The lowest BCUT2D eigenvalue weighted by atomic mass is 9.96. The van der Waals surface area contributed by atoms with E-state index in [2.05, 4.69) is 5.32 Å². The summed E-state index contributed by atoms with van der Waals surface area (Å²) >= 11 is 1.34. The third kappa shape index (κ3) is 3.30. The number of ether oxygens (including phenoxy) is 1. The Balaban J connectivity index is 2.80. The average molecular weight is 255 g/mol. The van der Waals surface area contributed by atoms with Gasteiger partial charge in [-0.05, 0) is 24.8 Å². The Kier molecular flexibility index (Phi) is 4.69. The van der Waals surface area contributed by atoms with Gasteiger partial charge in [-0.1, -0.05) is 19.4 Å². The van der Waals surface area contributed by atoms with Crippen LogP contribution < -0.4 is 5.32 Å². The summed E-state index contributed by atoms with van der Waals surface area (Å²) in [5.74, 6) is -0.648. The molecule has 0 saturated heterocycles. The van der Waals surface area contributed by atoms with Crippen molar-refractivity contribution in [2.24, 2.45) is 0 Å². The molecule has 1 amide bonds. The normalized spacial score (nSPS) is 13.8. The van der Waals surface area contributed by atoms with E-state index in [1.54, 1.807) is 19.1 Å². The van der Waals surface area contributed by atoms with Crippen molar-refractivity contribution in [2.75, 3.05) is 7.11 Å². The molecule has 1 aromatic heterocycles. The Morgan fingerprint density at radius 1 is 1.53 bits per heavy atom. The van der Waals surface area contributed by atoms with Crippen LogP contribution in [-0.2, 0) is 9.53 Å². The molecule has 0 aliphatic carbocycles. The van der Waals surface area contributed by atoms with E-state index in [0.717, 1.165) is 6.42 Å². The predicted molar refractivity (Wildman–Crippen MR) is 67.1 cm³/mol. The maximum absolute atomic E-state index is 11.9. The summed E-state index contributed by atoms with van der Waals surface area (Å²) in [4.78, 5) is 24.2. The van der Waals surface area contributed by atoms with E-state index < -0.39 is 11.5 Å². The van der Waals surface area contributed by atoms with Crippen LogP contribution in [0.25, 0.3) is 0 Å². The highest BCUT2D eigenvalue weighted by Crippen LogP contribution is 2.17. The van der Waals surface area contributed by atoms with E-state index in [-0.39, 0.29) is 5.91 Å². The van der Waals surface area contributed by atoms with Gasteiger partial charge in [0.15, 0.2) is 0 Å². The maximum atomic E-state index is 11.9. The first-order chi connectivity index (χ1) is 8.03. The van der Waals surface area contributed by atoms with Crippen LogP contribution >= 0.6 is 11.3 Å². The number of methoxy groups -OCH3 is 1. The highest BCUT2D eigenvalue weighted by molar-refractivity contribution is 7.12. The second kappa shape index (κ2) is 5.82. The summed E-state index contributed by atoms with van der Waals surface area (Å²) < 4.78 is 4.74. The number of hydrogen-bond donors (Lipinski definition) is 1. The molecule has 1 heterocycles. The van der Waals surface area contributed by atoms with E-state index in [4.69, 9.17) is 4.74 Å². The third-order valence-corrected chi connectivity index (χ3v) is 3.39. The molecule has 0 bridgehead atoms. The van der Waals surface area contributed by atoms with E-state index >= 15 is 0 Å². The largest absolute Gasteiger partial charge is 0.467 e. The molecule has 1 atom stereocenters. The lowest BCUT2D eigenvalue weighted by molar-refractivity contribution is -0.147. The van der Waals surface area contributed by atoms with Gasteiger partial charge in [-0.3, -0.25) is 4.79 Å². The van der Waals surface area contributed by atoms with Crippen LogP contribution in [0, 0.1) is 0 Å². The molecule has 5 heteroatoms. The van der Waals surface area contributed by atoms with Crippen molar-refractivity contribution >= 4 is 23.2 Å². The zero-order valence-corrected chi connectivity index (χ0v) is 11.1. The summed E-state index contributed by atoms with van der Waals surface area (Å²) in [6, 6.07) is 3.53. The molecule has 0 aliphatic rings. The van der Waals surface area contributed by atoms with Gasteiger partial charge in [-0.25, -0.2) is 4.79 Å². The molecule has 1 unspecified atom stereocenters. The van der Waals surface area contributed by atoms with E-state index in [1.807, 2.05) is 12.3 Å². The molecule has 0 aromatic carbocycles. The number of thiophene rings is 1. The number of rotatable bonds is 5. The number of nitrogens with one attached hydrogen (secondary N) is 1. The molecule has 4 nitrogen and oxygen atoms in total. The highest BCUT2D eigenvalue weighted by Gasteiger charge is 2.35. The van der Waals surface area contributed by atoms with Crippen LogP contribution in [-0.4, -0.2) is 24.5 Å². The van der Waals surface area contributed by atoms with Crippen LogP contribution in [0.5, 0.6) is 0 Å². The molecule has 94 valence electrons. The van der Waals surface area contributed by atoms with Crippen LogP contribution in [0.2, 0.25) is 0 Å². The Morgan fingerprint density at radius 2 is 2.24 bits per heavy atom. The lowest BCUT2D eigenvalue weighted by Crippen LogP contribution is -2.52.